The molecule has 0 aliphatic heterocycles. The highest BCUT2D eigenvalue weighted by atomic mass is 79.9. The highest BCUT2D eigenvalue weighted by Crippen LogP contribution is 2.21. The maximum atomic E-state index is 3.47. The summed E-state index contributed by atoms with van der Waals surface area (Å²) >= 11 is 6.94. The molecule has 0 saturated carbocycles. The Morgan fingerprint density at radius 1 is 0.556 bits per heavy atom. The van der Waals surface area contributed by atoms with Gasteiger partial charge in [-0.25, -0.2) is 0 Å². The van der Waals surface area contributed by atoms with Crippen LogP contribution in [-0.4, -0.2) is 10.7 Å². The van der Waals surface area contributed by atoms with Crippen LogP contribution in [-0.2, 0) is 12.8 Å². The molecule has 0 unspecified atom stereocenters. The Balaban J connectivity index is 2.15. The Hall–Kier alpha value is -0.600. The summed E-state index contributed by atoms with van der Waals surface area (Å²) in [6.07, 6.45) is 2.18. The molecule has 94 valence electrons. The molecule has 0 aromatic heterocycles. The van der Waals surface area contributed by atoms with E-state index >= 15 is 0 Å². The number of hydrogen-bond donors (Lipinski definition) is 0. The van der Waals surface area contributed by atoms with Gasteiger partial charge in [-0.15, -0.1) is 0 Å². The standard InChI is InChI=1S/C16H16Br2/c17-11-9-13-1-5-15(6-2-13)16-7-3-14(4-8-16)10-12-18/h1-8H,9-12H2. The predicted octanol–water partition coefficient (Wildman–Crippen LogP) is 5.23. The van der Waals surface area contributed by atoms with Gasteiger partial charge >= 0.3 is 0 Å². The minimum absolute atomic E-state index is 1.02. The first-order valence-electron chi connectivity index (χ1n) is 6.13. The highest BCUT2D eigenvalue weighted by Gasteiger charge is 1.99. The maximum absolute atomic E-state index is 3.47. The fourth-order valence-corrected chi connectivity index (χ4v) is 2.86. The van der Waals surface area contributed by atoms with Gasteiger partial charge < -0.3 is 0 Å². The Morgan fingerprint density at radius 3 is 1.17 bits per heavy atom. The zero-order valence-electron chi connectivity index (χ0n) is 10.2. The zero-order valence-corrected chi connectivity index (χ0v) is 13.4. The van der Waals surface area contributed by atoms with Crippen molar-refractivity contribution in [3.8, 4) is 11.1 Å². The van der Waals surface area contributed by atoms with Crippen LogP contribution in [0.25, 0.3) is 11.1 Å². The molecule has 0 fully saturated rings. The summed E-state index contributed by atoms with van der Waals surface area (Å²) in [6.45, 7) is 0. The van der Waals surface area contributed by atoms with Gasteiger partial charge in [0.2, 0.25) is 0 Å². The Labute approximate surface area is 126 Å². The molecule has 0 spiro atoms. The molecule has 2 aromatic carbocycles. The van der Waals surface area contributed by atoms with Crippen molar-refractivity contribution in [3.63, 3.8) is 0 Å². The summed E-state index contributed by atoms with van der Waals surface area (Å²) in [5.41, 5.74) is 5.34. The van der Waals surface area contributed by atoms with Gasteiger partial charge in [0, 0.05) is 10.7 Å². The average Bonchev–Trinajstić information content (AvgIpc) is 2.41. The topological polar surface area (TPSA) is 0 Å². The molecular formula is C16H16Br2. The molecule has 0 atom stereocenters. The summed E-state index contributed by atoms with van der Waals surface area (Å²) in [6, 6.07) is 17.7. The molecule has 2 rings (SSSR count). The summed E-state index contributed by atoms with van der Waals surface area (Å²) in [5.74, 6) is 0. The summed E-state index contributed by atoms with van der Waals surface area (Å²) in [4.78, 5) is 0. The van der Waals surface area contributed by atoms with Crippen molar-refractivity contribution in [2.45, 2.75) is 12.8 Å². The molecule has 0 bridgehead atoms. The van der Waals surface area contributed by atoms with E-state index < -0.39 is 0 Å². The van der Waals surface area contributed by atoms with E-state index in [1.807, 2.05) is 0 Å². The van der Waals surface area contributed by atoms with Gasteiger partial charge in [-0.3, -0.25) is 0 Å². The van der Waals surface area contributed by atoms with E-state index in [0.29, 0.717) is 0 Å². The number of aryl methyl sites for hydroxylation is 2. The van der Waals surface area contributed by atoms with Crippen molar-refractivity contribution in [2.75, 3.05) is 10.7 Å². The van der Waals surface area contributed by atoms with Gasteiger partial charge in [-0.05, 0) is 35.1 Å². The van der Waals surface area contributed by atoms with E-state index in [0.717, 1.165) is 23.5 Å². The van der Waals surface area contributed by atoms with Gasteiger partial charge in [0.05, 0.1) is 0 Å². The lowest BCUT2D eigenvalue weighted by Crippen LogP contribution is -1.87. The van der Waals surface area contributed by atoms with Crippen molar-refractivity contribution in [3.05, 3.63) is 59.7 Å². The normalized spacial score (nSPS) is 10.6. The number of hydrogen-bond acceptors (Lipinski definition) is 0. The first-order valence-corrected chi connectivity index (χ1v) is 8.38. The van der Waals surface area contributed by atoms with E-state index in [9.17, 15) is 0 Å². The van der Waals surface area contributed by atoms with E-state index in [1.165, 1.54) is 22.3 Å². The molecule has 2 aromatic rings. The second-order valence-electron chi connectivity index (χ2n) is 4.27. The molecule has 0 aliphatic rings. The van der Waals surface area contributed by atoms with Crippen LogP contribution >= 0.6 is 31.9 Å². The molecular weight excluding hydrogens is 352 g/mol. The largest absolute Gasteiger partial charge is 0.0924 e. The Bertz CT molecular complexity index is 424. The second kappa shape index (κ2) is 7.10. The van der Waals surface area contributed by atoms with Gasteiger partial charge in [-0.1, -0.05) is 80.4 Å². The van der Waals surface area contributed by atoms with Crippen molar-refractivity contribution < 1.29 is 0 Å². The summed E-state index contributed by atoms with van der Waals surface area (Å²) < 4.78 is 0. The van der Waals surface area contributed by atoms with Gasteiger partial charge in [0.1, 0.15) is 0 Å². The summed E-state index contributed by atoms with van der Waals surface area (Å²) in [7, 11) is 0. The monoisotopic (exact) mass is 366 g/mol. The quantitative estimate of drug-likeness (QED) is 0.635. The molecule has 0 nitrogen and oxygen atoms in total. The average molecular weight is 368 g/mol. The maximum Gasteiger partial charge on any atom is 0.00718 e. The molecule has 0 heterocycles. The minimum atomic E-state index is 1.02. The van der Waals surface area contributed by atoms with Crippen LogP contribution in [0.2, 0.25) is 0 Å². The first kappa shape index (κ1) is 13.8. The fraction of sp³-hybridized carbons (Fsp3) is 0.250. The van der Waals surface area contributed by atoms with E-state index in [4.69, 9.17) is 0 Å². The number of benzene rings is 2. The van der Waals surface area contributed by atoms with Crippen molar-refractivity contribution >= 4 is 31.9 Å². The SMILES string of the molecule is BrCCc1ccc(-c2ccc(CCBr)cc2)cc1. The first-order chi connectivity index (χ1) is 8.83. The second-order valence-corrected chi connectivity index (χ2v) is 5.86. The van der Waals surface area contributed by atoms with Gasteiger partial charge in [-0.2, -0.15) is 0 Å². The Morgan fingerprint density at radius 2 is 0.889 bits per heavy atom. The lowest BCUT2D eigenvalue weighted by atomic mass is 10.0. The molecule has 0 N–H and O–H groups in total. The zero-order chi connectivity index (χ0) is 12.8. The van der Waals surface area contributed by atoms with Gasteiger partial charge in [0.15, 0.2) is 0 Å². The summed E-state index contributed by atoms with van der Waals surface area (Å²) in [5, 5.41) is 2.04. The number of alkyl halides is 2. The third kappa shape index (κ3) is 3.69. The number of rotatable bonds is 5. The van der Waals surface area contributed by atoms with Crippen molar-refractivity contribution in [2.24, 2.45) is 0 Å². The lowest BCUT2D eigenvalue weighted by molar-refractivity contribution is 1.17. The van der Waals surface area contributed by atoms with E-state index in [-0.39, 0.29) is 0 Å². The van der Waals surface area contributed by atoms with Gasteiger partial charge in [0.25, 0.3) is 0 Å². The van der Waals surface area contributed by atoms with E-state index in [1.54, 1.807) is 0 Å². The molecule has 18 heavy (non-hydrogen) atoms. The third-order valence-corrected chi connectivity index (χ3v) is 3.80. The van der Waals surface area contributed by atoms with Crippen LogP contribution in [0.3, 0.4) is 0 Å². The van der Waals surface area contributed by atoms with Crippen molar-refractivity contribution in [1.29, 1.82) is 0 Å². The smallest absolute Gasteiger partial charge is 0.00718 e. The van der Waals surface area contributed by atoms with Crippen molar-refractivity contribution in [1.82, 2.24) is 0 Å². The molecule has 2 heteroatoms. The highest BCUT2D eigenvalue weighted by molar-refractivity contribution is 9.09. The van der Waals surface area contributed by atoms with E-state index in [2.05, 4.69) is 80.4 Å². The van der Waals surface area contributed by atoms with Crippen LogP contribution < -0.4 is 0 Å². The Kier molecular flexibility index (Phi) is 5.45. The minimum Gasteiger partial charge on any atom is -0.0924 e. The molecule has 0 saturated heterocycles. The fourth-order valence-electron chi connectivity index (χ4n) is 1.95. The molecule has 0 aliphatic carbocycles. The van der Waals surface area contributed by atoms with Crippen LogP contribution in [0.4, 0.5) is 0 Å². The van der Waals surface area contributed by atoms with Crippen LogP contribution in [0.5, 0.6) is 0 Å². The van der Waals surface area contributed by atoms with Crippen LogP contribution in [0.15, 0.2) is 48.5 Å². The third-order valence-electron chi connectivity index (χ3n) is 3.01. The number of halogens is 2. The van der Waals surface area contributed by atoms with Crippen LogP contribution in [0.1, 0.15) is 11.1 Å². The predicted molar refractivity (Wildman–Crippen MR) is 86.9 cm³/mol. The lowest BCUT2D eigenvalue weighted by Gasteiger charge is -2.05. The molecule has 0 amide bonds. The van der Waals surface area contributed by atoms with Crippen LogP contribution in [0, 0.1) is 0 Å². The molecule has 0 radical (unpaired) electrons.